The van der Waals surface area contributed by atoms with Crippen LogP contribution in [0.4, 0.5) is 8.78 Å². The molecule has 0 aliphatic rings. The Morgan fingerprint density at radius 1 is 0.600 bits per heavy atom. The van der Waals surface area contributed by atoms with Crippen LogP contribution >= 0.6 is 0 Å². The van der Waals surface area contributed by atoms with Crippen LogP contribution in [0.2, 0.25) is 0 Å². The van der Waals surface area contributed by atoms with Crippen LogP contribution in [-0.4, -0.2) is 12.3 Å². The van der Waals surface area contributed by atoms with Crippen LogP contribution in [0, 0.1) is 0 Å². The maximum Gasteiger partial charge on any atom is 0.100 e. The molecule has 2 unspecified atom stereocenters. The maximum atomic E-state index is 13.5. The predicted molar refractivity (Wildman–Crippen MR) is 85.8 cm³/mol. The van der Waals surface area contributed by atoms with E-state index in [1.807, 2.05) is 0 Å². The van der Waals surface area contributed by atoms with E-state index in [1.165, 1.54) is 51.4 Å². The smallest absolute Gasteiger partial charge is 0.100 e. The van der Waals surface area contributed by atoms with E-state index in [9.17, 15) is 8.78 Å². The zero-order chi connectivity index (χ0) is 15.1. The van der Waals surface area contributed by atoms with Gasteiger partial charge in [0.1, 0.15) is 6.17 Å². The van der Waals surface area contributed by atoms with Crippen molar-refractivity contribution >= 4 is 0 Å². The van der Waals surface area contributed by atoms with Crippen LogP contribution in [0.25, 0.3) is 0 Å². The Kier molecular flexibility index (Phi) is 15.1. The fourth-order valence-corrected chi connectivity index (χ4v) is 2.62. The summed E-state index contributed by atoms with van der Waals surface area (Å²) in [5, 5.41) is 0. The largest absolute Gasteiger partial charge is 0.248 e. The quantitative estimate of drug-likeness (QED) is 0.281. The van der Waals surface area contributed by atoms with Gasteiger partial charge in [-0.1, -0.05) is 71.1 Å². The molecule has 0 rings (SSSR count). The molecule has 0 aromatic rings. The summed E-state index contributed by atoms with van der Waals surface area (Å²) < 4.78 is 26.0. The lowest BCUT2D eigenvalue weighted by Gasteiger charge is -2.08. The van der Waals surface area contributed by atoms with Gasteiger partial charge in [0.05, 0.1) is 6.17 Å². The lowest BCUT2D eigenvalue weighted by atomic mass is 10.0. The molecule has 0 heterocycles. The highest BCUT2D eigenvalue weighted by molar-refractivity contribution is 4.59. The standard InChI is InChI=1S/C18H36F2/c1-3-4-5-6-7-8-9-10-11-12-15-18(20)16-13-14-17(2)19/h17-18H,3-16H2,1-2H3. The summed E-state index contributed by atoms with van der Waals surface area (Å²) in [4.78, 5) is 0. The van der Waals surface area contributed by atoms with Crippen molar-refractivity contribution in [1.29, 1.82) is 0 Å². The van der Waals surface area contributed by atoms with Crippen molar-refractivity contribution in [2.75, 3.05) is 0 Å². The monoisotopic (exact) mass is 290 g/mol. The molecule has 0 spiro atoms. The second-order valence-corrected chi connectivity index (χ2v) is 6.28. The number of alkyl halides is 2. The summed E-state index contributed by atoms with van der Waals surface area (Å²) >= 11 is 0. The number of hydrogen-bond donors (Lipinski definition) is 0. The Morgan fingerprint density at radius 3 is 1.55 bits per heavy atom. The Labute approximate surface area is 125 Å². The zero-order valence-corrected chi connectivity index (χ0v) is 13.8. The fourth-order valence-electron chi connectivity index (χ4n) is 2.62. The third-order valence-corrected chi connectivity index (χ3v) is 3.99. The number of halogens is 2. The molecular weight excluding hydrogens is 254 g/mol. The van der Waals surface area contributed by atoms with Gasteiger partial charge in [0.25, 0.3) is 0 Å². The lowest BCUT2D eigenvalue weighted by Crippen LogP contribution is -2.02. The minimum atomic E-state index is -0.778. The van der Waals surface area contributed by atoms with Gasteiger partial charge in [0.2, 0.25) is 0 Å². The third-order valence-electron chi connectivity index (χ3n) is 3.99. The van der Waals surface area contributed by atoms with E-state index in [1.54, 1.807) is 6.92 Å². The highest BCUT2D eigenvalue weighted by Gasteiger charge is 2.07. The van der Waals surface area contributed by atoms with E-state index in [4.69, 9.17) is 0 Å². The Hall–Kier alpha value is -0.140. The van der Waals surface area contributed by atoms with Crippen molar-refractivity contribution in [3.8, 4) is 0 Å². The molecule has 0 amide bonds. The molecule has 2 atom stereocenters. The molecule has 20 heavy (non-hydrogen) atoms. The summed E-state index contributed by atoms with van der Waals surface area (Å²) in [7, 11) is 0. The van der Waals surface area contributed by atoms with Crippen molar-refractivity contribution in [1.82, 2.24) is 0 Å². The Morgan fingerprint density at radius 2 is 1.05 bits per heavy atom. The molecule has 0 aliphatic carbocycles. The number of unbranched alkanes of at least 4 members (excludes halogenated alkanes) is 9. The van der Waals surface area contributed by atoms with Gasteiger partial charge in [-0.15, -0.1) is 0 Å². The summed E-state index contributed by atoms with van der Waals surface area (Å²) in [6.07, 6.45) is 13.8. The first-order chi connectivity index (χ1) is 9.66. The first kappa shape index (κ1) is 19.9. The summed E-state index contributed by atoms with van der Waals surface area (Å²) in [5.41, 5.74) is 0. The van der Waals surface area contributed by atoms with Gasteiger partial charge in [0.15, 0.2) is 0 Å². The van der Waals surface area contributed by atoms with E-state index in [2.05, 4.69) is 6.92 Å². The normalized spacial score (nSPS) is 14.4. The number of hydrogen-bond acceptors (Lipinski definition) is 0. The van der Waals surface area contributed by atoms with Crippen LogP contribution in [0.3, 0.4) is 0 Å². The van der Waals surface area contributed by atoms with Gasteiger partial charge in [-0.3, -0.25) is 0 Å². The minimum absolute atomic E-state index is 0.512. The van der Waals surface area contributed by atoms with Crippen molar-refractivity contribution in [3.63, 3.8) is 0 Å². The third kappa shape index (κ3) is 15.9. The molecule has 0 radical (unpaired) electrons. The van der Waals surface area contributed by atoms with Crippen LogP contribution in [0.5, 0.6) is 0 Å². The first-order valence-electron chi connectivity index (χ1n) is 8.95. The van der Waals surface area contributed by atoms with E-state index in [0.717, 1.165) is 12.8 Å². The zero-order valence-electron chi connectivity index (χ0n) is 13.8. The average Bonchev–Trinajstić information content (AvgIpc) is 2.40. The fraction of sp³-hybridized carbons (Fsp3) is 1.00. The van der Waals surface area contributed by atoms with Crippen molar-refractivity contribution in [2.24, 2.45) is 0 Å². The van der Waals surface area contributed by atoms with Crippen LogP contribution in [0.15, 0.2) is 0 Å². The Bertz CT molecular complexity index is 180. The molecule has 0 aromatic heterocycles. The minimum Gasteiger partial charge on any atom is -0.248 e. The SMILES string of the molecule is CCCCCCCCCCCCC(F)CCCC(C)F. The molecule has 0 aromatic carbocycles. The van der Waals surface area contributed by atoms with Gasteiger partial charge in [-0.2, -0.15) is 0 Å². The van der Waals surface area contributed by atoms with Crippen LogP contribution in [-0.2, 0) is 0 Å². The summed E-state index contributed by atoms with van der Waals surface area (Å²) in [6, 6.07) is 0. The van der Waals surface area contributed by atoms with E-state index < -0.39 is 12.3 Å². The molecule has 2 heteroatoms. The summed E-state index contributed by atoms with van der Waals surface area (Å²) in [6.45, 7) is 3.80. The molecule has 0 fully saturated rings. The number of rotatable bonds is 15. The molecular formula is C18H36F2. The van der Waals surface area contributed by atoms with Gasteiger partial charge in [0, 0.05) is 0 Å². The molecule has 0 saturated heterocycles. The highest BCUT2D eigenvalue weighted by Crippen LogP contribution is 2.16. The molecule has 0 saturated carbocycles. The maximum absolute atomic E-state index is 13.5. The van der Waals surface area contributed by atoms with Gasteiger partial charge in [-0.05, 0) is 32.6 Å². The molecule has 0 bridgehead atoms. The molecule has 0 N–H and O–H groups in total. The van der Waals surface area contributed by atoms with Crippen LogP contribution in [0.1, 0.15) is 104 Å². The van der Waals surface area contributed by atoms with E-state index in [-0.39, 0.29) is 0 Å². The van der Waals surface area contributed by atoms with Crippen molar-refractivity contribution in [3.05, 3.63) is 0 Å². The molecule has 122 valence electrons. The topological polar surface area (TPSA) is 0 Å². The average molecular weight is 290 g/mol. The van der Waals surface area contributed by atoms with E-state index >= 15 is 0 Å². The van der Waals surface area contributed by atoms with Crippen molar-refractivity contribution in [2.45, 2.75) is 116 Å². The van der Waals surface area contributed by atoms with E-state index in [0.29, 0.717) is 25.7 Å². The van der Waals surface area contributed by atoms with Gasteiger partial charge < -0.3 is 0 Å². The molecule has 0 aliphatic heterocycles. The predicted octanol–water partition coefficient (Wildman–Crippen LogP) is 7.16. The van der Waals surface area contributed by atoms with Crippen molar-refractivity contribution < 1.29 is 8.78 Å². The highest BCUT2D eigenvalue weighted by atomic mass is 19.1. The van der Waals surface area contributed by atoms with Crippen LogP contribution < -0.4 is 0 Å². The lowest BCUT2D eigenvalue weighted by molar-refractivity contribution is 0.261. The second-order valence-electron chi connectivity index (χ2n) is 6.28. The second kappa shape index (κ2) is 15.3. The summed E-state index contributed by atoms with van der Waals surface area (Å²) in [5.74, 6) is 0. The molecule has 0 nitrogen and oxygen atoms in total. The van der Waals surface area contributed by atoms with Gasteiger partial charge >= 0.3 is 0 Å². The van der Waals surface area contributed by atoms with Gasteiger partial charge in [-0.25, -0.2) is 8.78 Å². The first-order valence-corrected chi connectivity index (χ1v) is 8.95. The Balaban J connectivity index is 3.11.